The summed E-state index contributed by atoms with van der Waals surface area (Å²) in [7, 11) is -1.51. The van der Waals surface area contributed by atoms with Gasteiger partial charge in [-0.05, 0) is 24.0 Å². The molecule has 0 atom stereocenters. The molecule has 1 aromatic rings. The quantitative estimate of drug-likeness (QED) is 0.788. The van der Waals surface area contributed by atoms with Crippen molar-refractivity contribution in [3.8, 4) is 0 Å². The first-order valence-electron chi connectivity index (χ1n) is 8.07. The Morgan fingerprint density at radius 1 is 1.22 bits per heavy atom. The largest absolute Gasteiger partial charge is 0.380 e. The minimum absolute atomic E-state index is 0.0330. The maximum atomic E-state index is 12.2. The number of hydrogen-bond acceptors (Lipinski definition) is 4. The monoisotopic (exact) mass is 339 g/mol. The van der Waals surface area contributed by atoms with Crippen LogP contribution in [0.5, 0.6) is 0 Å². The fourth-order valence-corrected chi connectivity index (χ4v) is 4.81. The van der Waals surface area contributed by atoms with Gasteiger partial charge in [0, 0.05) is 20.1 Å². The van der Waals surface area contributed by atoms with E-state index in [0.717, 1.165) is 36.8 Å². The summed E-state index contributed by atoms with van der Waals surface area (Å²) in [5, 5.41) is 2.56. The van der Waals surface area contributed by atoms with Gasteiger partial charge in [0.05, 0.1) is 17.6 Å². The van der Waals surface area contributed by atoms with Crippen LogP contribution in [0.25, 0.3) is 0 Å². The van der Waals surface area contributed by atoms with E-state index in [9.17, 15) is 13.2 Å². The topological polar surface area (TPSA) is 72.5 Å². The van der Waals surface area contributed by atoms with Crippen molar-refractivity contribution in [1.82, 2.24) is 5.32 Å². The number of carbonyl (C=O) groups excluding carboxylic acids is 1. The Balaban J connectivity index is 1.81. The highest BCUT2D eigenvalue weighted by molar-refractivity contribution is 7.92. The number of carbonyl (C=O) groups is 1. The van der Waals surface area contributed by atoms with E-state index in [-0.39, 0.29) is 23.3 Å². The minimum atomic E-state index is -3.14. The Hall–Kier alpha value is -1.40. The second kappa shape index (κ2) is 8.45. The normalized spacial score (nSPS) is 15.7. The van der Waals surface area contributed by atoms with Crippen molar-refractivity contribution < 1.29 is 17.9 Å². The number of benzene rings is 1. The van der Waals surface area contributed by atoms with Crippen LogP contribution < -0.4 is 5.32 Å². The molecule has 0 bridgehead atoms. The third-order valence-corrected chi connectivity index (χ3v) is 6.58. The van der Waals surface area contributed by atoms with E-state index in [1.54, 1.807) is 7.11 Å². The molecule has 1 N–H and O–H groups in total. The van der Waals surface area contributed by atoms with E-state index in [1.165, 1.54) is 0 Å². The first-order chi connectivity index (χ1) is 11.0. The summed E-state index contributed by atoms with van der Waals surface area (Å²) in [4.78, 5) is 11.9. The van der Waals surface area contributed by atoms with Crippen LogP contribution in [0.2, 0.25) is 0 Å². The predicted octanol–water partition coefficient (Wildman–Crippen LogP) is 2.20. The molecule has 0 aromatic heterocycles. The molecule has 0 heterocycles. The summed E-state index contributed by atoms with van der Waals surface area (Å²) < 4.78 is 29.4. The average molecular weight is 339 g/mol. The van der Waals surface area contributed by atoms with Crippen molar-refractivity contribution in [2.24, 2.45) is 0 Å². The van der Waals surface area contributed by atoms with Crippen molar-refractivity contribution in [3.05, 3.63) is 35.4 Å². The molecule has 128 valence electrons. The Labute approximate surface area is 138 Å². The van der Waals surface area contributed by atoms with Crippen LogP contribution in [0, 0.1) is 0 Å². The van der Waals surface area contributed by atoms with Crippen molar-refractivity contribution in [1.29, 1.82) is 0 Å². The van der Waals surface area contributed by atoms with Gasteiger partial charge in [-0.1, -0.05) is 37.1 Å². The molecular weight excluding hydrogens is 314 g/mol. The van der Waals surface area contributed by atoms with E-state index < -0.39 is 9.84 Å². The van der Waals surface area contributed by atoms with Crippen LogP contribution in [0.4, 0.5) is 0 Å². The van der Waals surface area contributed by atoms with Gasteiger partial charge in [0.15, 0.2) is 9.84 Å². The van der Waals surface area contributed by atoms with Crippen molar-refractivity contribution >= 4 is 15.7 Å². The molecule has 1 aromatic carbocycles. The molecule has 1 fully saturated rings. The lowest BCUT2D eigenvalue weighted by atomic mass is 10.1. The molecule has 0 radical (unpaired) electrons. The lowest BCUT2D eigenvalue weighted by Crippen LogP contribution is -2.28. The molecule has 1 saturated carbocycles. The smallest absolute Gasteiger partial charge is 0.221 e. The van der Waals surface area contributed by atoms with E-state index in [2.05, 4.69) is 5.32 Å². The SMILES string of the molecule is COCc1ccccc1CNC(=O)CCS(=O)(=O)C1CCCC1. The molecule has 23 heavy (non-hydrogen) atoms. The molecule has 0 spiro atoms. The minimum Gasteiger partial charge on any atom is -0.380 e. The van der Waals surface area contributed by atoms with Crippen molar-refractivity contribution in [3.63, 3.8) is 0 Å². The standard InChI is InChI=1S/C17H25NO4S/c1-22-13-15-7-3-2-6-14(15)12-18-17(19)10-11-23(20,21)16-8-4-5-9-16/h2-3,6-7,16H,4-5,8-13H2,1H3,(H,18,19). The summed E-state index contributed by atoms with van der Waals surface area (Å²) >= 11 is 0. The molecule has 0 aliphatic heterocycles. The number of rotatable bonds is 8. The second-order valence-electron chi connectivity index (χ2n) is 6.00. The lowest BCUT2D eigenvalue weighted by Gasteiger charge is -2.12. The number of sulfone groups is 1. The van der Waals surface area contributed by atoms with Crippen molar-refractivity contribution in [2.75, 3.05) is 12.9 Å². The van der Waals surface area contributed by atoms with E-state index in [4.69, 9.17) is 4.74 Å². The second-order valence-corrected chi connectivity index (χ2v) is 8.40. The van der Waals surface area contributed by atoms with Gasteiger partial charge in [-0.3, -0.25) is 4.79 Å². The summed E-state index contributed by atoms with van der Waals surface area (Å²) in [6.45, 7) is 0.879. The van der Waals surface area contributed by atoms with Gasteiger partial charge >= 0.3 is 0 Å². The highest BCUT2D eigenvalue weighted by Gasteiger charge is 2.28. The third-order valence-electron chi connectivity index (χ3n) is 4.32. The first-order valence-corrected chi connectivity index (χ1v) is 9.78. The number of hydrogen-bond donors (Lipinski definition) is 1. The van der Waals surface area contributed by atoms with Gasteiger partial charge in [-0.25, -0.2) is 8.42 Å². The zero-order chi connectivity index (χ0) is 16.7. The third kappa shape index (κ3) is 5.32. The summed E-state index contributed by atoms with van der Waals surface area (Å²) in [5.41, 5.74) is 2.01. The molecule has 1 aliphatic carbocycles. The van der Waals surface area contributed by atoms with Crippen LogP contribution in [0.1, 0.15) is 43.2 Å². The molecule has 5 nitrogen and oxygen atoms in total. The fourth-order valence-electron chi connectivity index (χ4n) is 2.96. The Morgan fingerprint density at radius 2 is 1.87 bits per heavy atom. The van der Waals surface area contributed by atoms with Gasteiger partial charge in [-0.2, -0.15) is 0 Å². The zero-order valence-electron chi connectivity index (χ0n) is 13.6. The fraction of sp³-hybridized carbons (Fsp3) is 0.588. The number of methoxy groups -OCH3 is 1. The van der Waals surface area contributed by atoms with E-state index >= 15 is 0 Å². The predicted molar refractivity (Wildman–Crippen MR) is 89.7 cm³/mol. The van der Waals surface area contributed by atoms with Crippen LogP contribution in [0.15, 0.2) is 24.3 Å². The summed E-state index contributed by atoms with van der Waals surface area (Å²) in [5.74, 6) is -0.276. The van der Waals surface area contributed by atoms with Crippen molar-refractivity contribution in [2.45, 2.75) is 50.5 Å². The Bertz CT molecular complexity index is 621. The van der Waals surface area contributed by atoms with Gasteiger partial charge in [-0.15, -0.1) is 0 Å². The molecule has 1 aliphatic rings. The van der Waals surface area contributed by atoms with E-state index in [1.807, 2.05) is 24.3 Å². The van der Waals surface area contributed by atoms with E-state index in [0.29, 0.717) is 13.2 Å². The maximum Gasteiger partial charge on any atom is 0.221 e. The van der Waals surface area contributed by atoms with Gasteiger partial charge in [0.25, 0.3) is 0 Å². The molecule has 6 heteroatoms. The van der Waals surface area contributed by atoms with Gasteiger partial charge in [0.1, 0.15) is 0 Å². The first kappa shape index (κ1) is 17.9. The average Bonchev–Trinajstić information content (AvgIpc) is 3.08. The summed E-state index contributed by atoms with van der Waals surface area (Å²) in [6.07, 6.45) is 3.48. The lowest BCUT2D eigenvalue weighted by molar-refractivity contribution is -0.120. The zero-order valence-corrected chi connectivity index (χ0v) is 14.4. The number of ether oxygens (including phenoxy) is 1. The number of nitrogens with one attached hydrogen (secondary N) is 1. The molecule has 0 saturated heterocycles. The van der Waals surface area contributed by atoms with Crippen LogP contribution >= 0.6 is 0 Å². The highest BCUT2D eigenvalue weighted by Crippen LogP contribution is 2.25. The molecule has 0 unspecified atom stereocenters. The van der Waals surface area contributed by atoms with Crippen LogP contribution in [-0.2, 0) is 32.5 Å². The molecular formula is C17H25NO4S. The highest BCUT2D eigenvalue weighted by atomic mass is 32.2. The maximum absolute atomic E-state index is 12.2. The molecule has 2 rings (SSSR count). The molecule has 1 amide bonds. The number of amides is 1. The van der Waals surface area contributed by atoms with Gasteiger partial charge < -0.3 is 10.1 Å². The van der Waals surface area contributed by atoms with Crippen LogP contribution in [0.3, 0.4) is 0 Å². The Morgan fingerprint density at radius 3 is 2.52 bits per heavy atom. The van der Waals surface area contributed by atoms with Gasteiger partial charge in [0.2, 0.25) is 5.91 Å². The van der Waals surface area contributed by atoms with Crippen LogP contribution in [-0.4, -0.2) is 32.4 Å². The summed E-state index contributed by atoms with van der Waals surface area (Å²) in [6, 6.07) is 7.72. The Kier molecular flexibility index (Phi) is 6.59.